The van der Waals surface area contributed by atoms with Crippen LogP contribution in [0.2, 0.25) is 5.04 Å². The molecule has 26 heavy (non-hydrogen) atoms. The van der Waals surface area contributed by atoms with E-state index in [1.165, 1.54) is 0 Å². The molecule has 0 spiro atoms. The van der Waals surface area contributed by atoms with Crippen molar-refractivity contribution in [2.75, 3.05) is 13.2 Å². The van der Waals surface area contributed by atoms with Crippen molar-refractivity contribution in [3.8, 4) is 0 Å². The van der Waals surface area contributed by atoms with Gasteiger partial charge < -0.3 is 14.3 Å². The van der Waals surface area contributed by atoms with Crippen molar-refractivity contribution in [2.45, 2.75) is 31.9 Å². The van der Waals surface area contributed by atoms with E-state index in [1.807, 2.05) is 36.4 Å². The summed E-state index contributed by atoms with van der Waals surface area (Å²) in [6, 6.07) is 20.5. The van der Waals surface area contributed by atoms with Crippen LogP contribution < -0.4 is 10.4 Å². The highest BCUT2D eigenvalue weighted by Gasteiger charge is 2.53. The lowest BCUT2D eigenvalue weighted by Crippen LogP contribution is -2.68. The van der Waals surface area contributed by atoms with Crippen molar-refractivity contribution < 1.29 is 19.1 Å². The number of hydrogen-bond acceptors (Lipinski definition) is 3. The predicted octanol–water partition coefficient (Wildman–Crippen LogP) is 2.66. The Bertz CT molecular complexity index is 700. The third-order valence-electron chi connectivity index (χ3n) is 5.09. The first kappa shape index (κ1) is 18.8. The van der Waals surface area contributed by atoms with Crippen molar-refractivity contribution in [3.63, 3.8) is 0 Å². The van der Waals surface area contributed by atoms with Crippen LogP contribution in [0.3, 0.4) is 0 Å². The molecule has 2 atom stereocenters. The minimum absolute atomic E-state index is 0.179. The van der Waals surface area contributed by atoms with E-state index in [4.69, 9.17) is 9.16 Å². The molecule has 1 aliphatic heterocycles. The average Bonchev–Trinajstić information content (AvgIpc) is 3.08. The maximum absolute atomic E-state index is 11.7. The predicted molar refractivity (Wildman–Crippen MR) is 104 cm³/mol. The Hall–Kier alpha value is -1.95. The van der Waals surface area contributed by atoms with Gasteiger partial charge in [0.25, 0.3) is 8.32 Å². The SMILES string of the molecule is CC(C)(C)[Si](OC1COCC1C(=O)O)(c1ccccc1)c1ccccc1. The zero-order valence-electron chi connectivity index (χ0n) is 15.5. The first-order valence-electron chi connectivity index (χ1n) is 8.95. The molecule has 1 heterocycles. The van der Waals surface area contributed by atoms with Gasteiger partial charge in [0.2, 0.25) is 0 Å². The summed E-state index contributed by atoms with van der Waals surface area (Å²) in [4.78, 5) is 11.7. The van der Waals surface area contributed by atoms with E-state index >= 15 is 0 Å². The minimum Gasteiger partial charge on any atom is -0.481 e. The van der Waals surface area contributed by atoms with Gasteiger partial charge in [-0.2, -0.15) is 0 Å². The fourth-order valence-electron chi connectivity index (χ4n) is 3.80. The third-order valence-corrected chi connectivity index (χ3v) is 10.2. The Morgan fingerprint density at radius 1 is 1.00 bits per heavy atom. The molecule has 2 aromatic rings. The fourth-order valence-corrected chi connectivity index (χ4v) is 8.50. The highest BCUT2D eigenvalue weighted by Crippen LogP contribution is 2.39. The molecule has 0 aliphatic carbocycles. The largest absolute Gasteiger partial charge is 0.481 e. The molecule has 138 valence electrons. The zero-order chi connectivity index (χ0) is 18.8. The smallest absolute Gasteiger partial charge is 0.311 e. The second-order valence-electron chi connectivity index (χ2n) is 7.80. The summed E-state index contributed by atoms with van der Waals surface area (Å²) >= 11 is 0. The van der Waals surface area contributed by atoms with Crippen LogP contribution in [-0.4, -0.2) is 38.7 Å². The van der Waals surface area contributed by atoms with Crippen molar-refractivity contribution >= 4 is 24.7 Å². The number of benzene rings is 2. The fraction of sp³-hybridized carbons (Fsp3) is 0.381. The van der Waals surface area contributed by atoms with Gasteiger partial charge in [0.15, 0.2) is 0 Å². The van der Waals surface area contributed by atoms with Gasteiger partial charge in [-0.1, -0.05) is 81.4 Å². The Morgan fingerprint density at radius 3 is 1.92 bits per heavy atom. The second-order valence-corrected chi connectivity index (χ2v) is 12.1. The summed E-state index contributed by atoms with van der Waals surface area (Å²) in [7, 11) is -2.75. The molecule has 2 aromatic carbocycles. The Labute approximate surface area is 155 Å². The second kappa shape index (κ2) is 7.35. The molecule has 0 aromatic heterocycles. The van der Waals surface area contributed by atoms with Gasteiger partial charge in [-0.05, 0) is 15.4 Å². The first-order valence-corrected chi connectivity index (χ1v) is 10.9. The summed E-state index contributed by atoms with van der Waals surface area (Å²) in [6.07, 6.45) is -0.446. The van der Waals surface area contributed by atoms with E-state index in [0.29, 0.717) is 6.61 Å². The van der Waals surface area contributed by atoms with Crippen LogP contribution in [0.5, 0.6) is 0 Å². The van der Waals surface area contributed by atoms with Crippen LogP contribution in [0, 0.1) is 5.92 Å². The van der Waals surface area contributed by atoms with Gasteiger partial charge >= 0.3 is 5.97 Å². The number of aliphatic carboxylic acids is 1. The van der Waals surface area contributed by atoms with Gasteiger partial charge in [0.05, 0.1) is 19.3 Å². The van der Waals surface area contributed by atoms with Gasteiger partial charge in [-0.15, -0.1) is 0 Å². The van der Waals surface area contributed by atoms with Crippen LogP contribution in [-0.2, 0) is 14.0 Å². The molecule has 1 aliphatic rings. The van der Waals surface area contributed by atoms with Crippen LogP contribution in [0.4, 0.5) is 0 Å². The van der Waals surface area contributed by atoms with Gasteiger partial charge in [-0.3, -0.25) is 4.79 Å². The number of carboxylic acid groups (broad SMARTS) is 1. The summed E-state index contributed by atoms with van der Waals surface area (Å²) in [5.41, 5.74) is 0. The number of carbonyl (C=O) groups is 1. The lowest BCUT2D eigenvalue weighted by atomic mass is 10.1. The Morgan fingerprint density at radius 2 is 1.50 bits per heavy atom. The average molecular weight is 371 g/mol. The first-order chi connectivity index (χ1) is 12.4. The highest BCUT2D eigenvalue weighted by atomic mass is 28.4. The van der Waals surface area contributed by atoms with E-state index in [1.54, 1.807) is 0 Å². The zero-order valence-corrected chi connectivity index (χ0v) is 16.5. The molecule has 1 fully saturated rings. The Kier molecular flexibility index (Phi) is 5.32. The van der Waals surface area contributed by atoms with Crippen LogP contribution >= 0.6 is 0 Å². The molecule has 1 saturated heterocycles. The summed E-state index contributed by atoms with van der Waals surface area (Å²) < 4.78 is 12.3. The molecular formula is C21H26O4Si. The van der Waals surface area contributed by atoms with Gasteiger partial charge in [0.1, 0.15) is 5.92 Å². The molecule has 0 radical (unpaired) electrons. The van der Waals surface area contributed by atoms with Gasteiger partial charge in [0, 0.05) is 0 Å². The molecule has 0 amide bonds. The van der Waals surface area contributed by atoms with Crippen LogP contribution in [0.1, 0.15) is 20.8 Å². The van der Waals surface area contributed by atoms with E-state index in [0.717, 1.165) is 10.4 Å². The summed E-state index contributed by atoms with van der Waals surface area (Å²) in [6.45, 7) is 7.08. The number of rotatable bonds is 5. The molecule has 0 bridgehead atoms. The normalized spacial score (nSPS) is 20.9. The van der Waals surface area contributed by atoms with Crippen molar-refractivity contribution in [2.24, 2.45) is 5.92 Å². The summed E-state index contributed by atoms with van der Waals surface area (Å²) in [5, 5.41) is 11.7. The van der Waals surface area contributed by atoms with Gasteiger partial charge in [-0.25, -0.2) is 0 Å². The highest BCUT2D eigenvalue weighted by molar-refractivity contribution is 6.99. The lowest BCUT2D eigenvalue weighted by molar-refractivity contribution is -0.143. The van der Waals surface area contributed by atoms with E-state index < -0.39 is 26.3 Å². The number of hydrogen-bond donors (Lipinski definition) is 1. The molecule has 4 nitrogen and oxygen atoms in total. The topological polar surface area (TPSA) is 55.8 Å². The number of ether oxygens (including phenoxy) is 1. The maximum atomic E-state index is 11.7. The minimum atomic E-state index is -2.75. The lowest BCUT2D eigenvalue weighted by Gasteiger charge is -2.45. The maximum Gasteiger partial charge on any atom is 0.311 e. The van der Waals surface area contributed by atoms with Crippen LogP contribution in [0.25, 0.3) is 0 Å². The summed E-state index contributed by atoms with van der Waals surface area (Å²) in [5.74, 6) is -1.48. The molecule has 3 rings (SSSR count). The molecular weight excluding hydrogens is 344 g/mol. The third kappa shape index (κ3) is 3.34. The van der Waals surface area contributed by atoms with E-state index in [-0.39, 0.29) is 11.6 Å². The number of carboxylic acids is 1. The van der Waals surface area contributed by atoms with Crippen molar-refractivity contribution in [1.29, 1.82) is 0 Å². The standard InChI is InChI=1S/C21H26O4Si/c1-21(2,3)26(16-10-6-4-7-11-16,17-12-8-5-9-13-17)25-19-15-24-14-18(19)20(22)23/h4-13,18-19H,14-15H2,1-3H3,(H,22,23). The van der Waals surface area contributed by atoms with E-state index in [9.17, 15) is 9.90 Å². The van der Waals surface area contributed by atoms with Crippen LogP contribution in [0.15, 0.2) is 60.7 Å². The van der Waals surface area contributed by atoms with Crippen molar-refractivity contribution in [1.82, 2.24) is 0 Å². The molecule has 2 unspecified atom stereocenters. The quantitative estimate of drug-likeness (QED) is 0.822. The van der Waals surface area contributed by atoms with E-state index in [2.05, 4.69) is 45.0 Å². The molecule has 1 N–H and O–H groups in total. The van der Waals surface area contributed by atoms with Crippen molar-refractivity contribution in [3.05, 3.63) is 60.7 Å². The Balaban J connectivity index is 2.16. The molecule has 0 saturated carbocycles. The molecule has 5 heteroatoms. The monoisotopic (exact) mass is 370 g/mol.